The van der Waals surface area contributed by atoms with Gasteiger partial charge in [0.1, 0.15) is 5.82 Å². The Labute approximate surface area is 185 Å². The third-order valence-electron chi connectivity index (χ3n) is 6.12. The number of thiocarbonyl (C=S) groups is 1. The average molecular weight is 441 g/mol. The number of hydrogen-bond donors (Lipinski definition) is 1. The van der Waals surface area contributed by atoms with E-state index in [0.29, 0.717) is 6.04 Å². The lowest BCUT2D eigenvalue weighted by atomic mass is 9.99. The van der Waals surface area contributed by atoms with Crippen molar-refractivity contribution in [2.75, 3.05) is 0 Å². The van der Waals surface area contributed by atoms with Crippen molar-refractivity contribution in [2.45, 2.75) is 43.8 Å². The van der Waals surface area contributed by atoms with Gasteiger partial charge in [-0.3, -0.25) is 4.98 Å². The van der Waals surface area contributed by atoms with Gasteiger partial charge in [0.2, 0.25) is 0 Å². The number of hydrogen-bond acceptors (Lipinski definition) is 2. The molecule has 1 aromatic carbocycles. The maximum atomic E-state index is 13.8. The topological polar surface area (TPSA) is 33.1 Å². The Bertz CT molecular complexity index is 1060. The Balaban J connectivity index is 1.62. The predicted molar refractivity (Wildman–Crippen MR) is 120 cm³/mol. The maximum absolute atomic E-state index is 13.8. The lowest BCUT2D eigenvalue weighted by Gasteiger charge is -2.33. The van der Waals surface area contributed by atoms with E-state index in [2.05, 4.69) is 25.8 Å². The molecule has 1 aliphatic heterocycles. The summed E-state index contributed by atoms with van der Waals surface area (Å²) in [4.78, 5) is 6.98. The van der Waals surface area contributed by atoms with Crippen LogP contribution in [0.2, 0.25) is 5.02 Å². The lowest BCUT2D eigenvalue weighted by Crippen LogP contribution is -2.38. The highest BCUT2D eigenvalue weighted by Gasteiger charge is 2.44. The molecule has 3 aromatic rings. The molecule has 1 aliphatic carbocycles. The van der Waals surface area contributed by atoms with Gasteiger partial charge in [-0.15, -0.1) is 0 Å². The van der Waals surface area contributed by atoms with Gasteiger partial charge >= 0.3 is 0 Å². The molecule has 1 saturated heterocycles. The van der Waals surface area contributed by atoms with Crippen molar-refractivity contribution >= 4 is 28.9 Å². The highest BCUT2D eigenvalue weighted by atomic mass is 35.5. The smallest absolute Gasteiger partial charge is 0.170 e. The van der Waals surface area contributed by atoms with E-state index in [1.165, 1.54) is 18.9 Å². The van der Waals surface area contributed by atoms with E-state index in [0.717, 1.165) is 35.0 Å². The summed E-state index contributed by atoms with van der Waals surface area (Å²) in [5, 5.41) is 4.41. The third kappa shape index (κ3) is 3.38. The molecule has 2 aliphatic rings. The van der Waals surface area contributed by atoms with Crippen LogP contribution in [0.4, 0.5) is 4.39 Å². The molecule has 154 valence electrons. The summed E-state index contributed by atoms with van der Waals surface area (Å²) < 4.78 is 15.8. The fourth-order valence-electron chi connectivity index (χ4n) is 4.76. The van der Waals surface area contributed by atoms with E-state index in [1.807, 2.05) is 36.7 Å². The molecule has 0 radical (unpaired) electrons. The first-order valence-corrected chi connectivity index (χ1v) is 11.0. The SMILES string of the molecule is Fc1ccc(-n2cccc2C2C(c3ccccn3)NC(=S)N2C2CCCC2)cc1Cl. The quantitative estimate of drug-likeness (QED) is 0.537. The summed E-state index contributed by atoms with van der Waals surface area (Å²) in [5.41, 5.74) is 2.85. The minimum atomic E-state index is -0.420. The van der Waals surface area contributed by atoms with Crippen molar-refractivity contribution < 1.29 is 4.39 Å². The van der Waals surface area contributed by atoms with Crippen LogP contribution in [0.25, 0.3) is 5.69 Å². The molecule has 1 saturated carbocycles. The van der Waals surface area contributed by atoms with Gasteiger partial charge in [-0.25, -0.2) is 4.39 Å². The highest BCUT2D eigenvalue weighted by Crippen LogP contribution is 2.43. The van der Waals surface area contributed by atoms with Crippen molar-refractivity contribution in [3.8, 4) is 5.69 Å². The van der Waals surface area contributed by atoms with E-state index >= 15 is 0 Å². The van der Waals surface area contributed by atoms with Crippen molar-refractivity contribution in [3.63, 3.8) is 0 Å². The van der Waals surface area contributed by atoms with Crippen LogP contribution in [0.5, 0.6) is 0 Å². The molecular formula is C23H22ClFN4S. The Morgan fingerprint density at radius 2 is 1.93 bits per heavy atom. The second-order valence-corrected chi connectivity index (χ2v) is 8.67. The van der Waals surface area contributed by atoms with E-state index in [9.17, 15) is 4.39 Å². The number of nitrogens with one attached hydrogen (secondary N) is 1. The van der Waals surface area contributed by atoms with E-state index in [4.69, 9.17) is 23.8 Å². The van der Waals surface area contributed by atoms with Crippen LogP contribution in [-0.2, 0) is 0 Å². The molecule has 0 spiro atoms. The molecule has 0 bridgehead atoms. The minimum absolute atomic E-state index is 0.0191. The van der Waals surface area contributed by atoms with Crippen molar-refractivity contribution in [1.29, 1.82) is 0 Å². The zero-order chi connectivity index (χ0) is 20.7. The first-order chi connectivity index (χ1) is 14.6. The minimum Gasteiger partial charge on any atom is -0.352 e. The van der Waals surface area contributed by atoms with Crippen LogP contribution in [-0.4, -0.2) is 25.6 Å². The molecular weight excluding hydrogens is 419 g/mol. The Hall–Kier alpha value is -2.44. The monoisotopic (exact) mass is 440 g/mol. The summed E-state index contributed by atoms with van der Waals surface area (Å²) in [5.74, 6) is -0.420. The molecule has 2 aromatic heterocycles. The van der Waals surface area contributed by atoms with Crippen LogP contribution in [0.15, 0.2) is 60.9 Å². The van der Waals surface area contributed by atoms with Crippen LogP contribution in [0.1, 0.15) is 49.2 Å². The second-order valence-electron chi connectivity index (χ2n) is 7.87. The molecule has 4 nitrogen and oxygen atoms in total. The summed E-state index contributed by atoms with van der Waals surface area (Å²) in [7, 11) is 0. The van der Waals surface area contributed by atoms with E-state index in [-0.39, 0.29) is 17.1 Å². The van der Waals surface area contributed by atoms with Gasteiger partial charge in [-0.05, 0) is 67.5 Å². The van der Waals surface area contributed by atoms with Gasteiger partial charge in [-0.1, -0.05) is 30.5 Å². The van der Waals surface area contributed by atoms with Crippen molar-refractivity contribution in [3.05, 3.63) is 83.2 Å². The summed E-state index contributed by atoms with van der Waals surface area (Å²) >= 11 is 11.9. The fraction of sp³-hybridized carbons (Fsp3) is 0.304. The van der Waals surface area contributed by atoms with Crippen molar-refractivity contribution in [1.82, 2.24) is 19.8 Å². The molecule has 30 heavy (non-hydrogen) atoms. The molecule has 2 fully saturated rings. The summed E-state index contributed by atoms with van der Waals surface area (Å²) in [6.45, 7) is 0. The lowest BCUT2D eigenvalue weighted by molar-refractivity contribution is 0.239. The molecule has 0 amide bonds. The predicted octanol–water partition coefficient (Wildman–Crippen LogP) is 5.58. The van der Waals surface area contributed by atoms with E-state index in [1.54, 1.807) is 12.1 Å². The van der Waals surface area contributed by atoms with Crippen LogP contribution in [0.3, 0.4) is 0 Å². The number of aromatic nitrogens is 2. The number of benzene rings is 1. The van der Waals surface area contributed by atoms with Crippen LogP contribution in [0, 0.1) is 5.82 Å². The number of nitrogens with zero attached hydrogens (tertiary/aromatic N) is 3. The molecule has 2 unspecified atom stereocenters. The maximum Gasteiger partial charge on any atom is 0.170 e. The van der Waals surface area contributed by atoms with Gasteiger partial charge in [-0.2, -0.15) is 0 Å². The standard InChI is InChI=1S/C23H22ClFN4S/c24-17-14-16(10-11-18(17)25)28-13-5-9-20(28)22-21(19-8-3-4-12-26-19)27-23(30)29(22)15-6-1-2-7-15/h3-5,8-15,21-22H,1-2,6-7H2,(H,27,30). The molecule has 7 heteroatoms. The van der Waals surface area contributed by atoms with Gasteiger partial charge in [0.15, 0.2) is 5.11 Å². The fourth-order valence-corrected chi connectivity index (χ4v) is 5.33. The van der Waals surface area contributed by atoms with Gasteiger partial charge in [0.25, 0.3) is 0 Å². The second kappa shape index (κ2) is 8.00. The normalized spacial score (nSPS) is 21.9. The molecule has 1 N–H and O–H groups in total. The van der Waals surface area contributed by atoms with Crippen LogP contribution < -0.4 is 5.32 Å². The van der Waals surface area contributed by atoms with Crippen LogP contribution >= 0.6 is 23.8 Å². The van der Waals surface area contributed by atoms with Gasteiger partial charge in [0.05, 0.1) is 22.8 Å². The van der Waals surface area contributed by atoms with Crippen molar-refractivity contribution in [2.24, 2.45) is 0 Å². The van der Waals surface area contributed by atoms with Gasteiger partial charge < -0.3 is 14.8 Å². The highest BCUT2D eigenvalue weighted by molar-refractivity contribution is 7.80. The first-order valence-electron chi connectivity index (χ1n) is 10.3. The largest absolute Gasteiger partial charge is 0.352 e. The molecule has 5 rings (SSSR count). The summed E-state index contributed by atoms with van der Waals surface area (Å²) in [6, 6.07) is 15.2. The number of pyridine rings is 1. The number of rotatable bonds is 4. The average Bonchev–Trinajstić information content (AvgIpc) is 3.50. The molecule has 3 heterocycles. The Morgan fingerprint density at radius 3 is 2.67 bits per heavy atom. The zero-order valence-corrected chi connectivity index (χ0v) is 17.9. The molecule has 2 atom stereocenters. The number of halogens is 2. The summed E-state index contributed by atoms with van der Waals surface area (Å²) in [6.07, 6.45) is 8.52. The van der Waals surface area contributed by atoms with E-state index < -0.39 is 5.82 Å². The van der Waals surface area contributed by atoms with Gasteiger partial charge in [0, 0.05) is 29.8 Å². The Kier molecular flexibility index (Phi) is 5.21. The zero-order valence-electron chi connectivity index (χ0n) is 16.3. The third-order valence-corrected chi connectivity index (χ3v) is 6.74. The first kappa shape index (κ1) is 19.5. The Morgan fingerprint density at radius 1 is 1.10 bits per heavy atom.